The molecule has 0 aromatic heterocycles. The van der Waals surface area contributed by atoms with E-state index in [1.165, 1.54) is 11.4 Å². The first-order valence-corrected chi connectivity index (χ1v) is 7.94. The van der Waals surface area contributed by atoms with Crippen molar-refractivity contribution >= 4 is 16.2 Å². The van der Waals surface area contributed by atoms with Crippen LogP contribution in [0, 0.1) is 11.8 Å². The van der Waals surface area contributed by atoms with Crippen LogP contribution in [0.25, 0.3) is 0 Å². The molecular weight excluding hydrogens is 268 g/mol. The second-order valence-electron chi connectivity index (χ2n) is 5.56. The maximum Gasteiger partial charge on any atom is 0.303 e. The molecule has 7 heteroatoms. The number of rotatable bonds is 9. The molecule has 0 fully saturated rings. The van der Waals surface area contributed by atoms with Crippen LogP contribution in [0.3, 0.4) is 0 Å². The normalized spacial score (nSPS) is 14.3. The summed E-state index contributed by atoms with van der Waals surface area (Å²) in [5.41, 5.74) is 0. The Bertz CT molecular complexity index is 379. The van der Waals surface area contributed by atoms with Crippen LogP contribution in [0.5, 0.6) is 0 Å². The molecule has 0 aliphatic rings. The van der Waals surface area contributed by atoms with E-state index in [4.69, 9.17) is 5.11 Å². The van der Waals surface area contributed by atoms with Crippen LogP contribution >= 0.6 is 0 Å². The van der Waals surface area contributed by atoms with Gasteiger partial charge < -0.3 is 5.11 Å². The maximum atomic E-state index is 11.9. The molecule has 0 aliphatic carbocycles. The summed E-state index contributed by atoms with van der Waals surface area (Å²) in [6.45, 7) is 7.70. The Balaban J connectivity index is 4.57. The molecule has 0 aromatic carbocycles. The van der Waals surface area contributed by atoms with Crippen molar-refractivity contribution in [1.29, 1.82) is 0 Å². The first-order valence-electron chi connectivity index (χ1n) is 6.50. The fourth-order valence-corrected chi connectivity index (χ4v) is 2.96. The Labute approximate surface area is 116 Å². The number of carbonyl (C=O) groups is 1. The highest BCUT2D eigenvalue weighted by Gasteiger charge is 2.23. The minimum Gasteiger partial charge on any atom is -0.481 e. The minimum absolute atomic E-state index is 0.0217. The lowest BCUT2D eigenvalue weighted by Crippen LogP contribution is -2.43. The number of nitrogens with one attached hydrogen (secondary N) is 1. The Morgan fingerprint density at radius 3 is 2.16 bits per heavy atom. The topological polar surface area (TPSA) is 86.7 Å². The quantitative estimate of drug-likeness (QED) is 0.671. The van der Waals surface area contributed by atoms with E-state index in [1.807, 2.05) is 13.8 Å². The monoisotopic (exact) mass is 294 g/mol. The van der Waals surface area contributed by atoms with Crippen LogP contribution in [0.2, 0.25) is 0 Å². The predicted octanol–water partition coefficient (Wildman–Crippen LogP) is 1.30. The number of hydrogen-bond acceptors (Lipinski definition) is 3. The van der Waals surface area contributed by atoms with Gasteiger partial charge in [0.05, 0.1) is 0 Å². The lowest BCUT2D eigenvalue weighted by atomic mass is 9.94. The van der Waals surface area contributed by atoms with Gasteiger partial charge in [-0.2, -0.15) is 12.7 Å². The zero-order valence-corrected chi connectivity index (χ0v) is 13.2. The second kappa shape index (κ2) is 7.81. The van der Waals surface area contributed by atoms with Gasteiger partial charge in [-0.25, -0.2) is 4.72 Å². The molecule has 1 unspecified atom stereocenters. The van der Waals surface area contributed by atoms with Crippen LogP contribution in [-0.4, -0.2) is 43.4 Å². The Morgan fingerprint density at radius 1 is 1.26 bits per heavy atom. The highest BCUT2D eigenvalue weighted by molar-refractivity contribution is 7.87. The van der Waals surface area contributed by atoms with Crippen molar-refractivity contribution < 1.29 is 18.3 Å². The van der Waals surface area contributed by atoms with Gasteiger partial charge in [-0.3, -0.25) is 4.79 Å². The minimum atomic E-state index is -3.54. The van der Waals surface area contributed by atoms with Gasteiger partial charge in [0.15, 0.2) is 0 Å². The maximum absolute atomic E-state index is 11.9. The molecule has 0 aromatic rings. The summed E-state index contributed by atoms with van der Waals surface area (Å²) in [5.74, 6) is -0.758. The van der Waals surface area contributed by atoms with E-state index in [1.54, 1.807) is 13.8 Å². The van der Waals surface area contributed by atoms with Crippen molar-refractivity contribution in [2.45, 2.75) is 46.6 Å². The summed E-state index contributed by atoms with van der Waals surface area (Å²) >= 11 is 0. The molecule has 1 atom stereocenters. The lowest BCUT2D eigenvalue weighted by Gasteiger charge is -2.23. The van der Waals surface area contributed by atoms with Gasteiger partial charge in [0.1, 0.15) is 0 Å². The third kappa shape index (κ3) is 7.49. The van der Waals surface area contributed by atoms with E-state index in [2.05, 4.69) is 4.72 Å². The van der Waals surface area contributed by atoms with Crippen molar-refractivity contribution in [1.82, 2.24) is 9.03 Å². The molecule has 6 nitrogen and oxygen atoms in total. The summed E-state index contributed by atoms with van der Waals surface area (Å²) in [5, 5.41) is 8.84. The zero-order chi connectivity index (χ0) is 15.2. The number of carboxylic acids is 1. The molecule has 0 heterocycles. The van der Waals surface area contributed by atoms with Crippen molar-refractivity contribution in [3.8, 4) is 0 Å². The smallest absolute Gasteiger partial charge is 0.303 e. The Morgan fingerprint density at radius 2 is 1.79 bits per heavy atom. The highest BCUT2D eigenvalue weighted by atomic mass is 32.2. The van der Waals surface area contributed by atoms with Gasteiger partial charge in [0.2, 0.25) is 0 Å². The molecular formula is C12H26N2O4S. The van der Waals surface area contributed by atoms with Crippen molar-refractivity contribution in [2.75, 3.05) is 13.6 Å². The average molecular weight is 294 g/mol. The van der Waals surface area contributed by atoms with Crippen LogP contribution in [0.1, 0.15) is 40.5 Å². The Hall–Kier alpha value is -0.660. The van der Waals surface area contributed by atoms with Crippen molar-refractivity contribution in [3.63, 3.8) is 0 Å². The van der Waals surface area contributed by atoms with Gasteiger partial charge in [0, 0.05) is 26.1 Å². The van der Waals surface area contributed by atoms with Gasteiger partial charge >= 0.3 is 5.97 Å². The molecule has 0 saturated heterocycles. The first-order chi connectivity index (χ1) is 8.56. The fraction of sp³-hybridized carbons (Fsp3) is 0.917. The van der Waals surface area contributed by atoms with E-state index in [-0.39, 0.29) is 24.9 Å². The predicted molar refractivity (Wildman–Crippen MR) is 75.0 cm³/mol. The van der Waals surface area contributed by atoms with Crippen molar-refractivity contribution in [3.05, 3.63) is 0 Å². The molecule has 0 amide bonds. The van der Waals surface area contributed by atoms with Crippen LogP contribution in [0.15, 0.2) is 0 Å². The van der Waals surface area contributed by atoms with Crippen LogP contribution < -0.4 is 4.72 Å². The number of hydrogen-bond donors (Lipinski definition) is 2. The first kappa shape index (κ1) is 18.3. The SMILES string of the molecule is CC(C)CC(CNS(=O)(=O)N(C)C(C)C)CC(=O)O. The molecule has 0 radical (unpaired) electrons. The van der Waals surface area contributed by atoms with E-state index >= 15 is 0 Å². The summed E-state index contributed by atoms with van der Waals surface area (Å²) in [6, 6.07) is -0.138. The number of nitrogens with zero attached hydrogens (tertiary/aromatic N) is 1. The number of aliphatic carboxylic acids is 1. The zero-order valence-electron chi connectivity index (χ0n) is 12.4. The van der Waals surface area contributed by atoms with E-state index in [0.29, 0.717) is 12.3 Å². The second-order valence-corrected chi connectivity index (χ2v) is 7.37. The lowest BCUT2D eigenvalue weighted by molar-refractivity contribution is -0.138. The highest BCUT2D eigenvalue weighted by Crippen LogP contribution is 2.15. The molecule has 0 aliphatic heterocycles. The molecule has 2 N–H and O–H groups in total. The summed E-state index contributed by atoms with van der Waals surface area (Å²) in [4.78, 5) is 10.8. The fourth-order valence-electron chi connectivity index (χ4n) is 1.75. The van der Waals surface area contributed by atoms with Crippen LogP contribution in [0.4, 0.5) is 0 Å². The van der Waals surface area contributed by atoms with Gasteiger partial charge in [-0.15, -0.1) is 0 Å². The Kier molecular flexibility index (Phi) is 7.54. The molecule has 0 spiro atoms. The molecule has 0 bridgehead atoms. The summed E-state index contributed by atoms with van der Waals surface area (Å²) < 4.78 is 27.6. The van der Waals surface area contributed by atoms with Gasteiger partial charge in [0.25, 0.3) is 10.2 Å². The summed E-state index contributed by atoms with van der Waals surface area (Å²) in [6.07, 6.45) is 0.659. The standard InChI is InChI=1S/C12H26N2O4S/c1-9(2)6-11(7-12(15)16)8-13-19(17,18)14(5)10(3)4/h9-11,13H,6-8H2,1-5H3,(H,15,16). The molecule has 19 heavy (non-hydrogen) atoms. The average Bonchev–Trinajstić information content (AvgIpc) is 2.23. The van der Waals surface area contributed by atoms with E-state index in [9.17, 15) is 13.2 Å². The van der Waals surface area contributed by atoms with Gasteiger partial charge in [-0.05, 0) is 32.1 Å². The van der Waals surface area contributed by atoms with E-state index in [0.717, 1.165) is 0 Å². The summed E-state index contributed by atoms with van der Waals surface area (Å²) in [7, 11) is -2.03. The van der Waals surface area contributed by atoms with Crippen molar-refractivity contribution in [2.24, 2.45) is 11.8 Å². The third-order valence-electron chi connectivity index (χ3n) is 2.93. The number of carboxylic acid groups (broad SMARTS) is 1. The molecule has 0 saturated carbocycles. The molecule has 114 valence electrons. The van der Waals surface area contributed by atoms with E-state index < -0.39 is 16.2 Å². The third-order valence-corrected chi connectivity index (χ3v) is 4.64. The molecule has 0 rings (SSSR count). The largest absolute Gasteiger partial charge is 0.481 e. The van der Waals surface area contributed by atoms with Crippen LogP contribution in [-0.2, 0) is 15.0 Å². The van der Waals surface area contributed by atoms with Gasteiger partial charge in [-0.1, -0.05) is 13.8 Å².